The third-order valence-corrected chi connectivity index (χ3v) is 3.58. The Kier molecular flexibility index (Phi) is 5.71. The summed E-state index contributed by atoms with van der Waals surface area (Å²) < 4.78 is 18.0. The number of ketones is 1. The summed E-state index contributed by atoms with van der Waals surface area (Å²) in [6, 6.07) is 11.4. The quantitative estimate of drug-likeness (QED) is 0.295. The predicted octanol–water partition coefficient (Wildman–Crippen LogP) is 3.59. The zero-order chi connectivity index (χ0) is 17.7. The van der Waals surface area contributed by atoms with E-state index in [0.29, 0.717) is 5.56 Å². The zero-order valence-corrected chi connectivity index (χ0v) is 13.6. The standard InChI is InChI=1S/C18H15ClFNO3/c1-2-24-18(23)15(16(21)11-7-9-12(20)10-8-11)17(22)13-5-3-4-6-14(13)19/h3-10H,2,21H2,1H3/b16-15-. The molecule has 24 heavy (non-hydrogen) atoms. The highest BCUT2D eigenvalue weighted by atomic mass is 35.5. The second kappa shape index (κ2) is 7.75. The van der Waals surface area contributed by atoms with Crippen LogP contribution in [-0.4, -0.2) is 18.4 Å². The lowest BCUT2D eigenvalue weighted by atomic mass is 9.98. The molecule has 0 radical (unpaired) electrons. The van der Waals surface area contributed by atoms with E-state index in [0.717, 1.165) is 0 Å². The van der Waals surface area contributed by atoms with Crippen LogP contribution in [0.3, 0.4) is 0 Å². The highest BCUT2D eigenvalue weighted by Gasteiger charge is 2.26. The highest BCUT2D eigenvalue weighted by Crippen LogP contribution is 2.23. The van der Waals surface area contributed by atoms with Crippen molar-refractivity contribution in [3.8, 4) is 0 Å². The van der Waals surface area contributed by atoms with E-state index in [-0.39, 0.29) is 28.5 Å². The summed E-state index contributed by atoms with van der Waals surface area (Å²) in [5, 5.41) is 0.191. The first-order chi connectivity index (χ1) is 11.5. The first-order valence-corrected chi connectivity index (χ1v) is 7.55. The van der Waals surface area contributed by atoms with Gasteiger partial charge in [0.2, 0.25) is 5.78 Å². The maximum Gasteiger partial charge on any atom is 0.344 e. The molecule has 6 heteroatoms. The number of esters is 1. The van der Waals surface area contributed by atoms with Gasteiger partial charge in [-0.1, -0.05) is 23.7 Å². The first kappa shape index (κ1) is 17.7. The number of Topliss-reactive ketones (excluding diaryl/α,β-unsaturated/α-hetero) is 1. The van der Waals surface area contributed by atoms with Crippen LogP contribution in [0.15, 0.2) is 54.1 Å². The van der Waals surface area contributed by atoms with Crippen molar-refractivity contribution in [2.75, 3.05) is 6.61 Å². The van der Waals surface area contributed by atoms with Crippen LogP contribution >= 0.6 is 11.6 Å². The molecule has 0 fully saturated rings. The number of nitrogens with two attached hydrogens (primary N) is 1. The Labute approximate surface area is 143 Å². The summed E-state index contributed by atoms with van der Waals surface area (Å²) in [5.41, 5.74) is 6.03. The van der Waals surface area contributed by atoms with Gasteiger partial charge < -0.3 is 10.5 Å². The van der Waals surface area contributed by atoms with Crippen molar-refractivity contribution in [2.45, 2.75) is 6.92 Å². The average molecular weight is 348 g/mol. The van der Waals surface area contributed by atoms with Gasteiger partial charge in [-0.15, -0.1) is 0 Å². The molecule has 4 nitrogen and oxygen atoms in total. The molecule has 2 aromatic rings. The van der Waals surface area contributed by atoms with Crippen molar-refractivity contribution in [2.24, 2.45) is 5.73 Å². The van der Waals surface area contributed by atoms with E-state index in [2.05, 4.69) is 0 Å². The molecule has 0 saturated heterocycles. The van der Waals surface area contributed by atoms with Crippen molar-refractivity contribution in [1.29, 1.82) is 0 Å². The van der Waals surface area contributed by atoms with Crippen LogP contribution < -0.4 is 5.73 Å². The molecule has 124 valence electrons. The number of hydrogen-bond acceptors (Lipinski definition) is 4. The number of ether oxygens (including phenoxy) is 1. The Balaban J connectivity index is 2.58. The Bertz CT molecular complexity index is 800. The van der Waals surface area contributed by atoms with Crippen LogP contribution in [0.1, 0.15) is 22.8 Å². The van der Waals surface area contributed by atoms with Crippen LogP contribution in [-0.2, 0) is 9.53 Å². The SMILES string of the molecule is CCOC(=O)/C(C(=O)c1ccccc1Cl)=C(\N)c1ccc(F)cc1. The van der Waals surface area contributed by atoms with Gasteiger partial charge in [0.05, 0.1) is 17.3 Å². The molecule has 0 spiro atoms. The molecule has 0 amide bonds. The second-order valence-corrected chi connectivity index (χ2v) is 5.23. The Hall–Kier alpha value is -2.66. The van der Waals surface area contributed by atoms with E-state index in [4.69, 9.17) is 22.1 Å². The third kappa shape index (κ3) is 3.81. The minimum atomic E-state index is -0.857. The monoisotopic (exact) mass is 347 g/mol. The molecule has 0 aromatic heterocycles. The molecule has 2 N–H and O–H groups in total. The van der Waals surface area contributed by atoms with E-state index in [1.807, 2.05) is 0 Å². The molecule has 0 atom stereocenters. The fourth-order valence-corrected chi connectivity index (χ4v) is 2.30. The van der Waals surface area contributed by atoms with Gasteiger partial charge in [0.25, 0.3) is 0 Å². The van der Waals surface area contributed by atoms with Gasteiger partial charge in [-0.05, 0) is 48.9 Å². The van der Waals surface area contributed by atoms with Crippen molar-refractivity contribution >= 4 is 29.1 Å². The molecule has 0 bridgehead atoms. The molecule has 0 unspecified atom stereocenters. The van der Waals surface area contributed by atoms with E-state index in [9.17, 15) is 14.0 Å². The molecule has 0 aliphatic carbocycles. The van der Waals surface area contributed by atoms with Gasteiger partial charge in [-0.3, -0.25) is 4.79 Å². The summed E-state index contributed by atoms with van der Waals surface area (Å²) in [6.45, 7) is 1.69. The molecule has 2 rings (SSSR count). The fraction of sp³-hybridized carbons (Fsp3) is 0.111. The van der Waals surface area contributed by atoms with Gasteiger partial charge in [0, 0.05) is 5.56 Å². The van der Waals surface area contributed by atoms with Crippen molar-refractivity contribution in [1.82, 2.24) is 0 Å². The smallest absolute Gasteiger partial charge is 0.344 e. The fourth-order valence-electron chi connectivity index (χ4n) is 2.08. The molecular formula is C18H15ClFNO3. The zero-order valence-electron chi connectivity index (χ0n) is 12.9. The largest absolute Gasteiger partial charge is 0.462 e. The second-order valence-electron chi connectivity index (χ2n) is 4.83. The first-order valence-electron chi connectivity index (χ1n) is 7.17. The van der Waals surface area contributed by atoms with E-state index in [1.165, 1.54) is 36.4 Å². The Morgan fingerprint density at radius 1 is 1.12 bits per heavy atom. The summed E-state index contributed by atoms with van der Waals surface area (Å²) in [4.78, 5) is 25.0. The van der Waals surface area contributed by atoms with Gasteiger partial charge in [-0.2, -0.15) is 0 Å². The van der Waals surface area contributed by atoms with Crippen LogP contribution in [0.2, 0.25) is 5.02 Å². The molecule has 0 saturated carbocycles. The van der Waals surface area contributed by atoms with Gasteiger partial charge in [-0.25, -0.2) is 9.18 Å². The maximum absolute atomic E-state index is 13.1. The minimum Gasteiger partial charge on any atom is -0.462 e. The normalized spacial score (nSPS) is 11.6. The number of benzene rings is 2. The van der Waals surface area contributed by atoms with Gasteiger partial charge in [0.1, 0.15) is 11.4 Å². The highest BCUT2D eigenvalue weighted by molar-refractivity contribution is 6.38. The minimum absolute atomic E-state index is 0.0782. The van der Waals surface area contributed by atoms with Gasteiger partial charge >= 0.3 is 5.97 Å². The van der Waals surface area contributed by atoms with Crippen LogP contribution in [0.4, 0.5) is 4.39 Å². The molecule has 0 aliphatic heterocycles. The lowest BCUT2D eigenvalue weighted by Crippen LogP contribution is -2.21. The summed E-state index contributed by atoms with van der Waals surface area (Å²) in [7, 11) is 0. The lowest BCUT2D eigenvalue weighted by molar-refractivity contribution is -0.138. The molecule has 0 heterocycles. The summed E-state index contributed by atoms with van der Waals surface area (Å²) in [5.74, 6) is -1.97. The summed E-state index contributed by atoms with van der Waals surface area (Å²) in [6.07, 6.45) is 0. The van der Waals surface area contributed by atoms with Crippen LogP contribution in [0.25, 0.3) is 5.70 Å². The van der Waals surface area contributed by atoms with Gasteiger partial charge in [0.15, 0.2) is 0 Å². The van der Waals surface area contributed by atoms with Crippen molar-refractivity contribution in [3.05, 3.63) is 76.1 Å². The summed E-state index contributed by atoms with van der Waals surface area (Å²) >= 11 is 6.03. The third-order valence-electron chi connectivity index (χ3n) is 3.25. The molecular weight excluding hydrogens is 333 g/mol. The number of hydrogen-bond donors (Lipinski definition) is 1. The van der Waals surface area contributed by atoms with E-state index < -0.39 is 17.6 Å². The van der Waals surface area contributed by atoms with Crippen LogP contribution in [0.5, 0.6) is 0 Å². The van der Waals surface area contributed by atoms with E-state index >= 15 is 0 Å². The average Bonchev–Trinajstić information content (AvgIpc) is 2.56. The lowest BCUT2D eigenvalue weighted by Gasteiger charge is -2.12. The molecule has 0 aliphatic rings. The number of carbonyl (C=O) groups excluding carboxylic acids is 2. The number of halogens is 2. The Morgan fingerprint density at radius 2 is 1.75 bits per heavy atom. The predicted molar refractivity (Wildman–Crippen MR) is 89.9 cm³/mol. The number of rotatable bonds is 5. The maximum atomic E-state index is 13.1. The Morgan fingerprint density at radius 3 is 2.33 bits per heavy atom. The van der Waals surface area contributed by atoms with Crippen molar-refractivity contribution in [3.63, 3.8) is 0 Å². The molecule has 2 aromatic carbocycles. The van der Waals surface area contributed by atoms with Crippen LogP contribution in [0, 0.1) is 5.82 Å². The number of carbonyl (C=O) groups is 2. The van der Waals surface area contributed by atoms with Crippen molar-refractivity contribution < 1.29 is 18.7 Å². The topological polar surface area (TPSA) is 69.4 Å². The van der Waals surface area contributed by atoms with E-state index in [1.54, 1.807) is 19.1 Å².